The SMILES string of the molecule is CC(=O)Nc1ccc(C(=O)C(C)OC(=O)c2ccccc2SCc2cscn2)cc1. The summed E-state index contributed by atoms with van der Waals surface area (Å²) in [6.07, 6.45) is -0.944. The fourth-order valence-electron chi connectivity index (χ4n) is 2.66. The number of aromatic nitrogens is 1. The van der Waals surface area contributed by atoms with Crippen LogP contribution in [-0.4, -0.2) is 28.7 Å². The maximum atomic E-state index is 12.7. The van der Waals surface area contributed by atoms with Gasteiger partial charge in [-0.3, -0.25) is 9.59 Å². The van der Waals surface area contributed by atoms with Gasteiger partial charge in [-0.05, 0) is 43.3 Å². The monoisotopic (exact) mass is 440 g/mol. The summed E-state index contributed by atoms with van der Waals surface area (Å²) < 4.78 is 5.44. The molecule has 0 radical (unpaired) electrons. The van der Waals surface area contributed by atoms with Gasteiger partial charge in [-0.15, -0.1) is 23.1 Å². The third kappa shape index (κ3) is 5.77. The summed E-state index contributed by atoms with van der Waals surface area (Å²) in [5, 5.41) is 4.60. The summed E-state index contributed by atoms with van der Waals surface area (Å²) in [5.74, 6) is -0.414. The summed E-state index contributed by atoms with van der Waals surface area (Å²) in [5.41, 5.74) is 4.12. The van der Waals surface area contributed by atoms with Gasteiger partial charge in [0.1, 0.15) is 0 Å². The van der Waals surface area contributed by atoms with Crippen LogP contribution in [0, 0.1) is 0 Å². The van der Waals surface area contributed by atoms with E-state index in [-0.39, 0.29) is 11.7 Å². The fourth-order valence-corrected chi connectivity index (χ4v) is 4.26. The highest BCUT2D eigenvalue weighted by Crippen LogP contribution is 2.27. The van der Waals surface area contributed by atoms with Gasteiger partial charge in [0, 0.05) is 34.2 Å². The summed E-state index contributed by atoms with van der Waals surface area (Å²) in [4.78, 5) is 41.5. The molecule has 0 fully saturated rings. The Labute approximate surface area is 182 Å². The van der Waals surface area contributed by atoms with E-state index in [4.69, 9.17) is 4.74 Å². The van der Waals surface area contributed by atoms with Crippen LogP contribution in [0.5, 0.6) is 0 Å². The lowest BCUT2D eigenvalue weighted by molar-refractivity contribution is -0.114. The van der Waals surface area contributed by atoms with Gasteiger partial charge in [-0.1, -0.05) is 12.1 Å². The van der Waals surface area contributed by atoms with Crippen molar-refractivity contribution in [2.75, 3.05) is 5.32 Å². The minimum atomic E-state index is -0.944. The van der Waals surface area contributed by atoms with E-state index in [1.54, 1.807) is 48.8 Å². The van der Waals surface area contributed by atoms with Gasteiger partial charge in [0.05, 0.1) is 16.8 Å². The Bertz CT molecular complexity index is 1030. The van der Waals surface area contributed by atoms with Crippen molar-refractivity contribution in [1.82, 2.24) is 4.98 Å². The van der Waals surface area contributed by atoms with E-state index in [9.17, 15) is 14.4 Å². The van der Waals surface area contributed by atoms with Gasteiger partial charge in [0.25, 0.3) is 0 Å². The number of ether oxygens (including phenoxy) is 1. The number of amides is 1. The van der Waals surface area contributed by atoms with Gasteiger partial charge < -0.3 is 10.1 Å². The average Bonchev–Trinajstić information content (AvgIpc) is 3.25. The molecule has 1 N–H and O–H groups in total. The molecule has 1 atom stereocenters. The maximum Gasteiger partial charge on any atom is 0.339 e. The highest BCUT2D eigenvalue weighted by molar-refractivity contribution is 7.98. The molecule has 0 bridgehead atoms. The van der Waals surface area contributed by atoms with Gasteiger partial charge in [0.15, 0.2) is 6.10 Å². The molecule has 2 aromatic carbocycles. The molecule has 1 amide bonds. The number of thiazole rings is 1. The predicted octanol–water partition coefficient (Wildman–Crippen LogP) is 4.82. The van der Waals surface area contributed by atoms with Crippen LogP contribution in [0.4, 0.5) is 5.69 Å². The van der Waals surface area contributed by atoms with Crippen molar-refractivity contribution >= 4 is 46.4 Å². The van der Waals surface area contributed by atoms with E-state index in [0.29, 0.717) is 22.6 Å². The van der Waals surface area contributed by atoms with Crippen LogP contribution in [0.3, 0.4) is 0 Å². The average molecular weight is 441 g/mol. The first-order valence-corrected chi connectivity index (χ1v) is 11.1. The van der Waals surface area contributed by atoms with E-state index in [1.165, 1.54) is 30.0 Å². The topological polar surface area (TPSA) is 85.4 Å². The van der Waals surface area contributed by atoms with Crippen LogP contribution in [0.15, 0.2) is 64.3 Å². The second-order valence-corrected chi connectivity index (χ2v) is 8.17. The van der Waals surface area contributed by atoms with E-state index >= 15 is 0 Å². The van der Waals surface area contributed by atoms with Gasteiger partial charge in [-0.25, -0.2) is 9.78 Å². The van der Waals surface area contributed by atoms with Crippen molar-refractivity contribution in [3.63, 3.8) is 0 Å². The van der Waals surface area contributed by atoms with Crippen molar-refractivity contribution in [1.29, 1.82) is 0 Å². The van der Waals surface area contributed by atoms with E-state index in [1.807, 2.05) is 17.5 Å². The molecule has 0 saturated heterocycles. The number of nitrogens with zero attached hydrogens (tertiary/aromatic N) is 1. The number of esters is 1. The number of nitrogens with one attached hydrogen (secondary N) is 1. The number of rotatable bonds is 8. The van der Waals surface area contributed by atoms with Crippen molar-refractivity contribution < 1.29 is 19.1 Å². The van der Waals surface area contributed by atoms with E-state index in [2.05, 4.69) is 10.3 Å². The molecule has 0 spiro atoms. The molecule has 30 heavy (non-hydrogen) atoms. The number of Topliss-reactive ketones (excluding diaryl/α,β-unsaturated/α-hetero) is 1. The minimum Gasteiger partial charge on any atom is -0.451 e. The molecule has 0 saturated carbocycles. The van der Waals surface area contributed by atoms with Crippen molar-refractivity contribution in [2.24, 2.45) is 0 Å². The molecule has 3 rings (SSSR count). The molecule has 8 heteroatoms. The Kier molecular flexibility index (Phi) is 7.37. The first kappa shape index (κ1) is 21.7. The molecule has 3 aromatic rings. The zero-order valence-corrected chi connectivity index (χ0v) is 18.1. The first-order chi connectivity index (χ1) is 14.4. The fraction of sp³-hybridized carbons (Fsp3) is 0.182. The second-order valence-electron chi connectivity index (χ2n) is 6.43. The molecule has 1 aromatic heterocycles. The van der Waals surface area contributed by atoms with E-state index in [0.717, 1.165) is 10.6 Å². The number of thioether (sulfide) groups is 1. The van der Waals surface area contributed by atoms with Gasteiger partial charge in [-0.2, -0.15) is 0 Å². The summed E-state index contributed by atoms with van der Waals surface area (Å²) >= 11 is 3.02. The lowest BCUT2D eigenvalue weighted by atomic mass is 10.1. The van der Waals surface area contributed by atoms with Crippen LogP contribution in [0.2, 0.25) is 0 Å². The number of anilines is 1. The van der Waals surface area contributed by atoms with Crippen LogP contribution in [0.25, 0.3) is 0 Å². The number of benzene rings is 2. The first-order valence-electron chi connectivity index (χ1n) is 9.16. The number of hydrogen-bond donors (Lipinski definition) is 1. The lowest BCUT2D eigenvalue weighted by Crippen LogP contribution is -2.24. The number of ketones is 1. The molecular weight excluding hydrogens is 420 g/mol. The Balaban J connectivity index is 1.65. The standard InChI is InChI=1S/C22H20N2O4S2/c1-14(21(26)16-7-9-17(10-8-16)24-15(2)25)28-22(27)19-5-3-4-6-20(19)30-12-18-11-29-13-23-18/h3-11,13-14H,12H2,1-2H3,(H,24,25). The normalized spacial score (nSPS) is 11.5. The maximum absolute atomic E-state index is 12.7. The smallest absolute Gasteiger partial charge is 0.339 e. The molecule has 154 valence electrons. The molecular formula is C22H20N2O4S2. The minimum absolute atomic E-state index is 0.192. The quantitative estimate of drug-likeness (QED) is 0.307. The van der Waals surface area contributed by atoms with Crippen LogP contribution < -0.4 is 5.32 Å². The van der Waals surface area contributed by atoms with Crippen LogP contribution >= 0.6 is 23.1 Å². The Hall–Kier alpha value is -2.97. The zero-order chi connectivity index (χ0) is 21.5. The Morgan fingerprint density at radius 2 is 1.87 bits per heavy atom. The molecule has 1 heterocycles. The van der Waals surface area contributed by atoms with Crippen LogP contribution in [0.1, 0.15) is 40.3 Å². The number of carbonyl (C=O) groups excluding carboxylic acids is 3. The number of hydrogen-bond acceptors (Lipinski definition) is 7. The molecule has 0 aliphatic rings. The molecule has 0 aliphatic heterocycles. The van der Waals surface area contributed by atoms with Gasteiger partial charge in [0.2, 0.25) is 11.7 Å². The lowest BCUT2D eigenvalue weighted by Gasteiger charge is -2.14. The van der Waals surface area contributed by atoms with Crippen LogP contribution in [-0.2, 0) is 15.3 Å². The van der Waals surface area contributed by atoms with Gasteiger partial charge >= 0.3 is 5.97 Å². The zero-order valence-electron chi connectivity index (χ0n) is 16.5. The number of carbonyl (C=O) groups is 3. The third-order valence-electron chi connectivity index (χ3n) is 4.11. The Morgan fingerprint density at radius 3 is 2.53 bits per heavy atom. The summed E-state index contributed by atoms with van der Waals surface area (Å²) in [7, 11) is 0. The molecule has 6 nitrogen and oxygen atoms in total. The van der Waals surface area contributed by atoms with Crippen molar-refractivity contribution in [3.8, 4) is 0 Å². The van der Waals surface area contributed by atoms with Crippen molar-refractivity contribution in [3.05, 3.63) is 76.2 Å². The van der Waals surface area contributed by atoms with E-state index < -0.39 is 12.1 Å². The predicted molar refractivity (Wildman–Crippen MR) is 118 cm³/mol. The second kappa shape index (κ2) is 10.2. The Morgan fingerprint density at radius 1 is 1.13 bits per heavy atom. The third-order valence-corrected chi connectivity index (χ3v) is 5.85. The molecule has 0 aliphatic carbocycles. The van der Waals surface area contributed by atoms with Crippen molar-refractivity contribution in [2.45, 2.75) is 30.6 Å². The summed E-state index contributed by atoms with van der Waals surface area (Å²) in [6.45, 7) is 2.96. The molecule has 1 unspecified atom stereocenters. The highest BCUT2D eigenvalue weighted by atomic mass is 32.2. The largest absolute Gasteiger partial charge is 0.451 e. The summed E-state index contributed by atoms with van der Waals surface area (Å²) in [6, 6.07) is 13.6. The highest BCUT2D eigenvalue weighted by Gasteiger charge is 2.22.